The van der Waals surface area contributed by atoms with Crippen molar-refractivity contribution >= 4 is 5.69 Å². The van der Waals surface area contributed by atoms with Gasteiger partial charge in [0.25, 0.3) is 0 Å². The number of aromatic nitrogens is 5. The van der Waals surface area contributed by atoms with Crippen LogP contribution in [0.25, 0.3) is 5.69 Å². The Balaban J connectivity index is 1.88. The van der Waals surface area contributed by atoms with E-state index >= 15 is 0 Å². The Morgan fingerprint density at radius 1 is 1.13 bits per heavy atom. The van der Waals surface area contributed by atoms with E-state index in [1.807, 2.05) is 47.6 Å². The molecule has 0 aliphatic heterocycles. The number of benzene rings is 1. The second-order valence-electron chi connectivity index (χ2n) is 5.92. The quantitative estimate of drug-likeness (QED) is 0.787. The van der Waals surface area contributed by atoms with Crippen LogP contribution in [0.15, 0.2) is 36.5 Å². The molecule has 0 bridgehead atoms. The molecule has 0 saturated carbocycles. The highest BCUT2D eigenvalue weighted by Crippen LogP contribution is 2.27. The zero-order valence-electron chi connectivity index (χ0n) is 14.0. The molecule has 3 rings (SSSR count). The number of aryl methyl sites for hydroxylation is 1. The Hall–Kier alpha value is -2.63. The van der Waals surface area contributed by atoms with Crippen LogP contribution in [-0.2, 0) is 13.6 Å². The molecule has 0 spiro atoms. The van der Waals surface area contributed by atoms with Crippen LogP contribution >= 0.6 is 0 Å². The minimum absolute atomic E-state index is 0.349. The van der Waals surface area contributed by atoms with Crippen LogP contribution < -0.4 is 5.32 Å². The molecule has 0 atom stereocenters. The van der Waals surface area contributed by atoms with Gasteiger partial charge >= 0.3 is 0 Å². The molecule has 2 heterocycles. The van der Waals surface area contributed by atoms with Crippen LogP contribution in [0.5, 0.6) is 0 Å². The molecule has 0 amide bonds. The van der Waals surface area contributed by atoms with Gasteiger partial charge in [-0.2, -0.15) is 5.10 Å². The molecular weight excluding hydrogens is 288 g/mol. The highest BCUT2D eigenvalue weighted by atomic mass is 15.3. The Bertz CT molecular complexity index is 785. The summed E-state index contributed by atoms with van der Waals surface area (Å²) in [5, 5.41) is 16.3. The summed E-state index contributed by atoms with van der Waals surface area (Å²) in [5.41, 5.74) is 3.26. The largest absolute Gasteiger partial charge is 0.375 e. The maximum atomic E-state index is 4.56. The van der Waals surface area contributed by atoms with Gasteiger partial charge in [0.15, 0.2) is 5.82 Å². The van der Waals surface area contributed by atoms with Crippen molar-refractivity contribution in [2.45, 2.75) is 33.2 Å². The van der Waals surface area contributed by atoms with Gasteiger partial charge in [-0.05, 0) is 25.0 Å². The molecule has 0 fully saturated rings. The topological polar surface area (TPSA) is 60.6 Å². The molecule has 1 N–H and O–H groups in total. The molecule has 23 heavy (non-hydrogen) atoms. The normalized spacial score (nSPS) is 11.2. The monoisotopic (exact) mass is 310 g/mol. The summed E-state index contributed by atoms with van der Waals surface area (Å²) in [6.45, 7) is 6.92. The number of anilines is 1. The van der Waals surface area contributed by atoms with E-state index < -0.39 is 0 Å². The molecule has 1 aromatic carbocycles. The minimum Gasteiger partial charge on any atom is -0.375 e. The van der Waals surface area contributed by atoms with Crippen molar-refractivity contribution in [2.24, 2.45) is 7.05 Å². The van der Waals surface area contributed by atoms with E-state index in [9.17, 15) is 0 Å². The van der Waals surface area contributed by atoms with Gasteiger partial charge < -0.3 is 9.88 Å². The van der Waals surface area contributed by atoms with E-state index in [4.69, 9.17) is 0 Å². The van der Waals surface area contributed by atoms with Crippen LogP contribution in [0.1, 0.15) is 37.1 Å². The fourth-order valence-electron chi connectivity index (χ4n) is 2.60. The third-order valence-electron chi connectivity index (χ3n) is 3.97. The van der Waals surface area contributed by atoms with Crippen LogP contribution in [0.4, 0.5) is 5.69 Å². The summed E-state index contributed by atoms with van der Waals surface area (Å²) >= 11 is 0. The summed E-state index contributed by atoms with van der Waals surface area (Å²) in [5.74, 6) is 2.16. The Morgan fingerprint density at radius 3 is 2.48 bits per heavy atom. The van der Waals surface area contributed by atoms with Crippen molar-refractivity contribution in [2.75, 3.05) is 5.32 Å². The fraction of sp³-hybridized carbons (Fsp3) is 0.353. The molecule has 6 nitrogen and oxygen atoms in total. The predicted molar refractivity (Wildman–Crippen MR) is 90.7 cm³/mol. The number of hydrogen-bond acceptors (Lipinski definition) is 4. The van der Waals surface area contributed by atoms with Crippen molar-refractivity contribution < 1.29 is 0 Å². The second-order valence-corrected chi connectivity index (χ2v) is 5.92. The van der Waals surface area contributed by atoms with E-state index in [0.717, 1.165) is 28.7 Å². The maximum absolute atomic E-state index is 4.56. The lowest BCUT2D eigenvalue weighted by molar-refractivity contribution is 0.733. The highest BCUT2D eigenvalue weighted by Gasteiger charge is 2.16. The van der Waals surface area contributed by atoms with Crippen LogP contribution in [-0.4, -0.2) is 24.5 Å². The van der Waals surface area contributed by atoms with Gasteiger partial charge in [-0.3, -0.25) is 0 Å². The van der Waals surface area contributed by atoms with Gasteiger partial charge in [0.2, 0.25) is 0 Å². The van der Waals surface area contributed by atoms with Gasteiger partial charge in [-0.25, -0.2) is 4.68 Å². The summed E-state index contributed by atoms with van der Waals surface area (Å²) in [6.07, 6.45) is 1.88. The first-order valence-corrected chi connectivity index (χ1v) is 7.80. The van der Waals surface area contributed by atoms with Crippen LogP contribution in [0, 0.1) is 6.92 Å². The molecule has 0 aliphatic rings. The fourth-order valence-corrected chi connectivity index (χ4v) is 2.60. The average Bonchev–Trinajstić information content (AvgIpc) is 3.11. The zero-order chi connectivity index (χ0) is 16.4. The molecular formula is C17H22N6. The second kappa shape index (κ2) is 6.24. The molecule has 2 aromatic heterocycles. The van der Waals surface area contributed by atoms with Crippen molar-refractivity contribution in [1.82, 2.24) is 24.5 Å². The predicted octanol–water partition coefficient (Wildman–Crippen LogP) is 3.04. The van der Waals surface area contributed by atoms with Crippen molar-refractivity contribution in [3.63, 3.8) is 0 Å². The van der Waals surface area contributed by atoms with E-state index in [-0.39, 0.29) is 0 Å². The molecule has 0 saturated heterocycles. The smallest absolute Gasteiger partial charge is 0.152 e. The van der Waals surface area contributed by atoms with E-state index in [1.165, 1.54) is 0 Å². The van der Waals surface area contributed by atoms with Gasteiger partial charge in [-0.15, -0.1) is 10.2 Å². The van der Waals surface area contributed by atoms with Gasteiger partial charge in [0, 0.05) is 7.05 Å². The Labute approximate surface area is 136 Å². The number of hydrogen-bond donors (Lipinski definition) is 1. The first-order chi connectivity index (χ1) is 11.1. The number of rotatable bonds is 5. The average molecular weight is 310 g/mol. The summed E-state index contributed by atoms with van der Waals surface area (Å²) < 4.78 is 3.98. The van der Waals surface area contributed by atoms with Gasteiger partial charge in [0.1, 0.15) is 5.82 Å². The summed E-state index contributed by atoms with van der Waals surface area (Å²) in [4.78, 5) is 0. The van der Waals surface area contributed by atoms with E-state index in [1.54, 1.807) is 0 Å². The van der Waals surface area contributed by atoms with Crippen LogP contribution in [0.2, 0.25) is 0 Å². The van der Waals surface area contributed by atoms with E-state index in [2.05, 4.69) is 46.6 Å². The highest BCUT2D eigenvalue weighted by molar-refractivity contribution is 5.51. The molecule has 120 valence electrons. The van der Waals surface area contributed by atoms with Crippen molar-refractivity contribution in [3.8, 4) is 5.69 Å². The third-order valence-corrected chi connectivity index (χ3v) is 3.97. The molecule has 0 radical (unpaired) electrons. The van der Waals surface area contributed by atoms with Crippen molar-refractivity contribution in [3.05, 3.63) is 53.9 Å². The lowest BCUT2D eigenvalue weighted by atomic mass is 10.1. The molecule has 0 unspecified atom stereocenters. The zero-order valence-corrected chi connectivity index (χ0v) is 14.0. The lowest BCUT2D eigenvalue weighted by Crippen LogP contribution is -2.09. The third kappa shape index (κ3) is 2.97. The van der Waals surface area contributed by atoms with Crippen molar-refractivity contribution in [1.29, 1.82) is 0 Å². The van der Waals surface area contributed by atoms with Crippen LogP contribution in [0.3, 0.4) is 0 Å². The number of para-hydroxylation sites is 1. The standard InChI is InChI=1S/C17H22N6/c1-12(2)17-15(18-11-16-21-20-13(3)22(16)4)10-19-23(17)14-8-6-5-7-9-14/h5-10,12,18H,11H2,1-4H3. The number of nitrogens with zero attached hydrogens (tertiary/aromatic N) is 5. The number of nitrogens with one attached hydrogen (secondary N) is 1. The lowest BCUT2D eigenvalue weighted by Gasteiger charge is -2.13. The maximum Gasteiger partial charge on any atom is 0.152 e. The summed E-state index contributed by atoms with van der Waals surface area (Å²) in [6, 6.07) is 10.2. The van der Waals surface area contributed by atoms with Gasteiger partial charge in [-0.1, -0.05) is 32.0 Å². The Morgan fingerprint density at radius 2 is 1.87 bits per heavy atom. The minimum atomic E-state index is 0.349. The first-order valence-electron chi connectivity index (χ1n) is 7.80. The SMILES string of the molecule is Cc1nnc(CNc2cnn(-c3ccccc3)c2C(C)C)n1C. The molecule has 0 aliphatic carbocycles. The summed E-state index contributed by atoms with van der Waals surface area (Å²) in [7, 11) is 1.98. The molecule has 6 heteroatoms. The Kier molecular flexibility index (Phi) is 4.14. The first kappa shape index (κ1) is 15.3. The molecule has 3 aromatic rings. The van der Waals surface area contributed by atoms with Gasteiger partial charge in [0.05, 0.1) is 29.8 Å². The van der Waals surface area contributed by atoms with E-state index in [0.29, 0.717) is 12.5 Å².